The van der Waals surface area contributed by atoms with Crippen LogP contribution in [-0.2, 0) is 6.54 Å². The summed E-state index contributed by atoms with van der Waals surface area (Å²) in [5.41, 5.74) is 8.81. The van der Waals surface area contributed by atoms with Crippen LogP contribution >= 0.6 is 0 Å². The van der Waals surface area contributed by atoms with Gasteiger partial charge in [0.1, 0.15) is 5.75 Å². The molecule has 20 heavy (non-hydrogen) atoms. The lowest BCUT2D eigenvalue weighted by atomic mass is 10.0. The fraction of sp³-hybridized carbons (Fsp3) is 0.250. The summed E-state index contributed by atoms with van der Waals surface area (Å²) in [6.07, 6.45) is 0. The number of hydrogen-bond acceptors (Lipinski definition) is 4. The molecule has 0 spiro atoms. The highest BCUT2D eigenvalue weighted by Crippen LogP contribution is 2.36. The monoisotopic (exact) mass is 273 g/mol. The number of hydrogen-bond donors (Lipinski definition) is 1. The van der Waals surface area contributed by atoms with E-state index in [-0.39, 0.29) is 0 Å². The van der Waals surface area contributed by atoms with Gasteiger partial charge >= 0.3 is 0 Å². The third-order valence-electron chi connectivity index (χ3n) is 3.20. The van der Waals surface area contributed by atoms with E-state index in [1.165, 1.54) is 0 Å². The van der Waals surface area contributed by atoms with E-state index in [1.54, 1.807) is 21.3 Å². The molecule has 0 amide bonds. The smallest absolute Gasteiger partial charge is 0.165 e. The van der Waals surface area contributed by atoms with Gasteiger partial charge in [-0.3, -0.25) is 0 Å². The quantitative estimate of drug-likeness (QED) is 0.910. The third-order valence-corrected chi connectivity index (χ3v) is 3.20. The first-order valence-corrected chi connectivity index (χ1v) is 6.32. The molecule has 0 atom stereocenters. The molecule has 0 saturated carbocycles. The molecule has 0 saturated heterocycles. The summed E-state index contributed by atoms with van der Waals surface area (Å²) in [7, 11) is 4.89. The predicted molar refractivity (Wildman–Crippen MR) is 79.4 cm³/mol. The largest absolute Gasteiger partial charge is 0.497 e. The van der Waals surface area contributed by atoms with Crippen molar-refractivity contribution >= 4 is 0 Å². The van der Waals surface area contributed by atoms with E-state index in [2.05, 4.69) is 0 Å². The van der Waals surface area contributed by atoms with Gasteiger partial charge in [0.15, 0.2) is 11.5 Å². The maximum atomic E-state index is 5.79. The van der Waals surface area contributed by atoms with Gasteiger partial charge in [-0.2, -0.15) is 0 Å². The normalized spacial score (nSPS) is 10.2. The first-order valence-electron chi connectivity index (χ1n) is 6.32. The van der Waals surface area contributed by atoms with Crippen molar-refractivity contribution in [3.05, 3.63) is 42.0 Å². The Bertz CT molecular complexity index is 554. The molecule has 0 bridgehead atoms. The van der Waals surface area contributed by atoms with Crippen molar-refractivity contribution in [3.8, 4) is 28.4 Å². The molecule has 2 rings (SSSR count). The molecule has 0 aliphatic heterocycles. The molecular formula is C16H19NO3. The van der Waals surface area contributed by atoms with E-state index in [0.717, 1.165) is 22.4 Å². The summed E-state index contributed by atoms with van der Waals surface area (Å²) in [6.45, 7) is 0.392. The van der Waals surface area contributed by atoms with Crippen LogP contribution in [0.2, 0.25) is 0 Å². The first kappa shape index (κ1) is 14.2. The van der Waals surface area contributed by atoms with Crippen molar-refractivity contribution in [3.63, 3.8) is 0 Å². The fourth-order valence-electron chi connectivity index (χ4n) is 2.15. The minimum absolute atomic E-state index is 0.392. The Hall–Kier alpha value is -2.20. The summed E-state index contributed by atoms with van der Waals surface area (Å²) in [5, 5.41) is 0. The highest BCUT2D eigenvalue weighted by Gasteiger charge is 2.12. The van der Waals surface area contributed by atoms with Gasteiger partial charge < -0.3 is 19.9 Å². The van der Waals surface area contributed by atoms with Crippen LogP contribution in [0.4, 0.5) is 0 Å². The molecule has 2 aromatic carbocycles. The number of rotatable bonds is 5. The minimum atomic E-state index is 0.392. The van der Waals surface area contributed by atoms with E-state index in [0.29, 0.717) is 18.0 Å². The number of methoxy groups -OCH3 is 3. The van der Waals surface area contributed by atoms with E-state index in [9.17, 15) is 0 Å². The standard InChI is InChI=1S/C16H19NO3/c1-18-14-6-4-11(5-7-14)12-8-13(10-17)16(20-3)15(9-12)19-2/h4-9H,10,17H2,1-3H3. The van der Waals surface area contributed by atoms with Crippen LogP contribution in [-0.4, -0.2) is 21.3 Å². The van der Waals surface area contributed by atoms with E-state index >= 15 is 0 Å². The fourth-order valence-corrected chi connectivity index (χ4v) is 2.15. The number of ether oxygens (including phenoxy) is 3. The Kier molecular flexibility index (Phi) is 4.48. The van der Waals surface area contributed by atoms with Gasteiger partial charge in [0, 0.05) is 12.1 Å². The highest BCUT2D eigenvalue weighted by molar-refractivity contribution is 5.69. The summed E-state index contributed by atoms with van der Waals surface area (Å²) in [5.74, 6) is 2.20. The molecule has 0 radical (unpaired) electrons. The van der Waals surface area contributed by atoms with Gasteiger partial charge in [-0.1, -0.05) is 12.1 Å². The zero-order chi connectivity index (χ0) is 14.5. The van der Waals surface area contributed by atoms with Gasteiger partial charge in [-0.25, -0.2) is 0 Å². The van der Waals surface area contributed by atoms with Crippen molar-refractivity contribution < 1.29 is 14.2 Å². The lowest BCUT2D eigenvalue weighted by molar-refractivity contribution is 0.352. The Morgan fingerprint density at radius 3 is 2.05 bits per heavy atom. The average Bonchev–Trinajstić information content (AvgIpc) is 2.53. The topological polar surface area (TPSA) is 53.7 Å². The molecule has 0 heterocycles. The van der Waals surface area contributed by atoms with Crippen molar-refractivity contribution in [2.24, 2.45) is 5.73 Å². The van der Waals surface area contributed by atoms with E-state index < -0.39 is 0 Å². The van der Waals surface area contributed by atoms with E-state index in [4.69, 9.17) is 19.9 Å². The zero-order valence-electron chi connectivity index (χ0n) is 12.0. The SMILES string of the molecule is COc1ccc(-c2cc(CN)c(OC)c(OC)c2)cc1. The van der Waals surface area contributed by atoms with Gasteiger partial charge in [-0.15, -0.1) is 0 Å². The highest BCUT2D eigenvalue weighted by atomic mass is 16.5. The molecule has 106 valence electrons. The average molecular weight is 273 g/mol. The Morgan fingerprint density at radius 2 is 1.55 bits per heavy atom. The van der Waals surface area contributed by atoms with Crippen molar-refractivity contribution in [1.82, 2.24) is 0 Å². The van der Waals surface area contributed by atoms with Gasteiger partial charge in [0.2, 0.25) is 0 Å². The Morgan fingerprint density at radius 1 is 0.850 bits per heavy atom. The van der Waals surface area contributed by atoms with Gasteiger partial charge in [0.05, 0.1) is 21.3 Å². The summed E-state index contributed by atoms with van der Waals surface area (Å²) >= 11 is 0. The molecule has 0 fully saturated rings. The number of benzene rings is 2. The molecule has 0 aliphatic rings. The number of nitrogens with two attached hydrogens (primary N) is 1. The molecule has 0 unspecified atom stereocenters. The summed E-state index contributed by atoms with van der Waals surface area (Å²) < 4.78 is 15.9. The Labute approximate surface area is 119 Å². The van der Waals surface area contributed by atoms with E-state index in [1.807, 2.05) is 36.4 Å². The van der Waals surface area contributed by atoms with Crippen molar-refractivity contribution in [2.45, 2.75) is 6.54 Å². The zero-order valence-corrected chi connectivity index (χ0v) is 12.0. The lowest BCUT2D eigenvalue weighted by Crippen LogP contribution is -2.02. The van der Waals surface area contributed by atoms with Crippen LogP contribution in [0.25, 0.3) is 11.1 Å². The second kappa shape index (κ2) is 6.30. The van der Waals surface area contributed by atoms with Crippen LogP contribution in [0.1, 0.15) is 5.56 Å². The minimum Gasteiger partial charge on any atom is -0.497 e. The maximum absolute atomic E-state index is 5.79. The third kappa shape index (κ3) is 2.70. The molecule has 0 aromatic heterocycles. The van der Waals surface area contributed by atoms with Gasteiger partial charge in [0.25, 0.3) is 0 Å². The lowest BCUT2D eigenvalue weighted by Gasteiger charge is -2.14. The second-order valence-electron chi connectivity index (χ2n) is 4.30. The Balaban J connectivity index is 2.50. The molecule has 2 N–H and O–H groups in total. The van der Waals surface area contributed by atoms with Crippen molar-refractivity contribution in [1.29, 1.82) is 0 Å². The van der Waals surface area contributed by atoms with Gasteiger partial charge in [-0.05, 0) is 35.4 Å². The summed E-state index contributed by atoms with van der Waals surface area (Å²) in [6, 6.07) is 11.8. The molecule has 2 aromatic rings. The van der Waals surface area contributed by atoms with Crippen LogP contribution in [0, 0.1) is 0 Å². The van der Waals surface area contributed by atoms with Crippen LogP contribution in [0.15, 0.2) is 36.4 Å². The predicted octanol–water partition coefficient (Wildman–Crippen LogP) is 2.84. The maximum Gasteiger partial charge on any atom is 0.165 e. The first-order chi connectivity index (χ1) is 9.73. The van der Waals surface area contributed by atoms with Crippen molar-refractivity contribution in [2.75, 3.05) is 21.3 Å². The van der Waals surface area contributed by atoms with Crippen LogP contribution < -0.4 is 19.9 Å². The van der Waals surface area contributed by atoms with Crippen LogP contribution in [0.3, 0.4) is 0 Å². The molecule has 4 heteroatoms. The molecule has 4 nitrogen and oxygen atoms in total. The van der Waals surface area contributed by atoms with Crippen LogP contribution in [0.5, 0.6) is 17.2 Å². The summed E-state index contributed by atoms with van der Waals surface area (Å²) in [4.78, 5) is 0. The second-order valence-corrected chi connectivity index (χ2v) is 4.30. The molecular weight excluding hydrogens is 254 g/mol. The molecule has 0 aliphatic carbocycles.